The highest BCUT2D eigenvalue weighted by molar-refractivity contribution is 6.29. The van der Waals surface area contributed by atoms with Crippen molar-refractivity contribution in [1.82, 2.24) is 9.97 Å². The zero-order valence-corrected chi connectivity index (χ0v) is 13.1. The summed E-state index contributed by atoms with van der Waals surface area (Å²) in [6, 6.07) is 2.30. The Morgan fingerprint density at radius 1 is 1.32 bits per heavy atom. The summed E-state index contributed by atoms with van der Waals surface area (Å²) < 4.78 is 0. The lowest BCUT2D eigenvalue weighted by Crippen LogP contribution is -2.39. The maximum atomic E-state index is 6.09. The monoisotopic (exact) mass is 281 g/mol. The van der Waals surface area contributed by atoms with Gasteiger partial charge in [-0.3, -0.25) is 0 Å². The molecule has 2 rings (SSSR count). The molecule has 106 valence electrons. The van der Waals surface area contributed by atoms with Gasteiger partial charge in [0, 0.05) is 18.0 Å². The van der Waals surface area contributed by atoms with Crippen molar-refractivity contribution in [2.45, 2.75) is 65.3 Å². The van der Waals surface area contributed by atoms with Crippen LogP contribution in [0.3, 0.4) is 0 Å². The van der Waals surface area contributed by atoms with Crippen LogP contribution in [0.4, 0.5) is 5.82 Å². The van der Waals surface area contributed by atoms with Crippen molar-refractivity contribution in [3.63, 3.8) is 0 Å². The Bertz CT molecular complexity index is 443. The van der Waals surface area contributed by atoms with E-state index in [1.807, 2.05) is 6.07 Å². The number of hydrogen-bond acceptors (Lipinski definition) is 3. The minimum absolute atomic E-state index is 0.290. The van der Waals surface area contributed by atoms with Crippen LogP contribution in [0.2, 0.25) is 5.15 Å². The van der Waals surface area contributed by atoms with Crippen molar-refractivity contribution >= 4 is 17.4 Å². The van der Waals surface area contributed by atoms with Gasteiger partial charge in [-0.25, -0.2) is 9.97 Å². The van der Waals surface area contributed by atoms with Gasteiger partial charge < -0.3 is 5.32 Å². The third-order valence-electron chi connectivity index (χ3n) is 4.06. The number of hydrogen-bond donors (Lipinski definition) is 1. The SMILES string of the molecule is CC(C)c1nc(Cl)cc(NC2CCCCC2(C)C)n1. The number of aromatic nitrogens is 2. The largest absolute Gasteiger partial charge is 0.367 e. The van der Waals surface area contributed by atoms with Crippen LogP contribution in [0.25, 0.3) is 0 Å². The van der Waals surface area contributed by atoms with Crippen molar-refractivity contribution in [2.24, 2.45) is 5.41 Å². The molecule has 1 fully saturated rings. The van der Waals surface area contributed by atoms with E-state index in [0.29, 0.717) is 22.5 Å². The molecule has 0 amide bonds. The molecule has 0 radical (unpaired) electrons. The van der Waals surface area contributed by atoms with E-state index in [-0.39, 0.29) is 0 Å². The van der Waals surface area contributed by atoms with Crippen LogP contribution in [-0.4, -0.2) is 16.0 Å². The maximum absolute atomic E-state index is 6.09. The van der Waals surface area contributed by atoms with Gasteiger partial charge in [-0.05, 0) is 18.3 Å². The molecular formula is C15H24ClN3. The van der Waals surface area contributed by atoms with Crippen molar-refractivity contribution in [2.75, 3.05) is 5.32 Å². The lowest BCUT2D eigenvalue weighted by molar-refractivity contribution is 0.216. The third kappa shape index (κ3) is 3.59. The van der Waals surface area contributed by atoms with Crippen LogP contribution in [0.15, 0.2) is 6.07 Å². The number of rotatable bonds is 3. The number of anilines is 1. The highest BCUT2D eigenvalue weighted by atomic mass is 35.5. The standard InChI is InChI=1S/C15H24ClN3/c1-10(2)14-18-12(16)9-13(19-14)17-11-7-5-6-8-15(11,3)4/h9-11H,5-8H2,1-4H3,(H,17,18,19). The molecule has 1 unspecified atom stereocenters. The number of halogens is 1. The van der Waals surface area contributed by atoms with Gasteiger partial charge >= 0.3 is 0 Å². The van der Waals surface area contributed by atoms with Crippen LogP contribution in [-0.2, 0) is 0 Å². The summed E-state index contributed by atoms with van der Waals surface area (Å²) in [7, 11) is 0. The zero-order valence-electron chi connectivity index (χ0n) is 12.3. The second kappa shape index (κ2) is 5.66. The van der Waals surface area contributed by atoms with Gasteiger partial charge in [-0.1, -0.05) is 52.1 Å². The first-order valence-corrected chi connectivity index (χ1v) is 7.57. The summed E-state index contributed by atoms with van der Waals surface area (Å²) in [5, 5.41) is 4.09. The Hall–Kier alpha value is -0.830. The van der Waals surface area contributed by atoms with Crippen LogP contribution in [0.1, 0.15) is 65.1 Å². The Balaban J connectivity index is 2.18. The van der Waals surface area contributed by atoms with Gasteiger partial charge in [0.25, 0.3) is 0 Å². The molecule has 1 N–H and O–H groups in total. The molecule has 0 bridgehead atoms. The number of nitrogens with zero attached hydrogens (tertiary/aromatic N) is 2. The Kier molecular flexibility index (Phi) is 4.34. The van der Waals surface area contributed by atoms with E-state index < -0.39 is 0 Å². The maximum Gasteiger partial charge on any atom is 0.135 e. The van der Waals surface area contributed by atoms with Crippen molar-refractivity contribution in [3.05, 3.63) is 17.0 Å². The first kappa shape index (κ1) is 14.6. The molecule has 0 aromatic carbocycles. The molecule has 1 aliphatic carbocycles. The van der Waals surface area contributed by atoms with Crippen LogP contribution in [0, 0.1) is 5.41 Å². The third-order valence-corrected chi connectivity index (χ3v) is 4.25. The summed E-state index contributed by atoms with van der Waals surface area (Å²) in [5.41, 5.74) is 0.313. The van der Waals surface area contributed by atoms with Crippen molar-refractivity contribution in [3.8, 4) is 0 Å². The number of nitrogens with one attached hydrogen (secondary N) is 1. The first-order valence-electron chi connectivity index (χ1n) is 7.19. The fourth-order valence-electron chi connectivity index (χ4n) is 2.71. The smallest absolute Gasteiger partial charge is 0.135 e. The molecule has 4 heteroatoms. The molecular weight excluding hydrogens is 258 g/mol. The molecule has 1 heterocycles. The van der Waals surface area contributed by atoms with Crippen LogP contribution < -0.4 is 5.32 Å². The lowest BCUT2D eigenvalue weighted by Gasteiger charge is -2.39. The predicted molar refractivity (Wildman–Crippen MR) is 80.8 cm³/mol. The lowest BCUT2D eigenvalue weighted by atomic mass is 9.73. The van der Waals surface area contributed by atoms with Gasteiger partial charge in [0.1, 0.15) is 16.8 Å². The average Bonchev–Trinajstić information content (AvgIpc) is 2.31. The molecule has 1 atom stereocenters. The van der Waals surface area contributed by atoms with Gasteiger partial charge in [0.05, 0.1) is 0 Å². The molecule has 0 spiro atoms. The van der Waals surface area contributed by atoms with Crippen LogP contribution >= 0.6 is 11.6 Å². The molecule has 1 saturated carbocycles. The quantitative estimate of drug-likeness (QED) is 0.821. The second-order valence-corrected chi connectivity index (χ2v) is 6.91. The Labute approximate surface area is 121 Å². The minimum Gasteiger partial charge on any atom is -0.367 e. The summed E-state index contributed by atoms with van der Waals surface area (Å²) in [5.74, 6) is 1.96. The summed E-state index contributed by atoms with van der Waals surface area (Å²) in [6.45, 7) is 8.83. The fourth-order valence-corrected chi connectivity index (χ4v) is 2.90. The molecule has 1 aromatic rings. The molecule has 19 heavy (non-hydrogen) atoms. The highest BCUT2D eigenvalue weighted by Crippen LogP contribution is 2.37. The topological polar surface area (TPSA) is 37.8 Å². The molecule has 3 nitrogen and oxygen atoms in total. The molecule has 0 aliphatic heterocycles. The fraction of sp³-hybridized carbons (Fsp3) is 0.733. The predicted octanol–water partition coefficient (Wildman–Crippen LogP) is 4.63. The highest BCUT2D eigenvalue weighted by Gasteiger charge is 2.32. The van der Waals surface area contributed by atoms with E-state index >= 15 is 0 Å². The molecule has 1 aromatic heterocycles. The van der Waals surface area contributed by atoms with Crippen molar-refractivity contribution in [1.29, 1.82) is 0 Å². The summed E-state index contributed by atoms with van der Waals surface area (Å²) in [6.07, 6.45) is 5.08. The zero-order chi connectivity index (χ0) is 14.0. The van der Waals surface area contributed by atoms with E-state index in [4.69, 9.17) is 11.6 Å². The van der Waals surface area contributed by atoms with Crippen LogP contribution in [0.5, 0.6) is 0 Å². The first-order chi connectivity index (χ1) is 8.88. The van der Waals surface area contributed by atoms with E-state index in [2.05, 4.69) is 43.0 Å². The molecule has 0 saturated heterocycles. The van der Waals surface area contributed by atoms with E-state index in [1.165, 1.54) is 25.7 Å². The van der Waals surface area contributed by atoms with Gasteiger partial charge in [-0.2, -0.15) is 0 Å². The summed E-state index contributed by atoms with van der Waals surface area (Å²) >= 11 is 6.09. The average molecular weight is 282 g/mol. The molecule has 1 aliphatic rings. The minimum atomic E-state index is 0.290. The van der Waals surface area contributed by atoms with E-state index in [0.717, 1.165) is 11.6 Å². The van der Waals surface area contributed by atoms with Gasteiger partial charge in [-0.15, -0.1) is 0 Å². The Morgan fingerprint density at radius 3 is 2.68 bits per heavy atom. The Morgan fingerprint density at radius 2 is 2.05 bits per heavy atom. The van der Waals surface area contributed by atoms with Gasteiger partial charge in [0.15, 0.2) is 0 Å². The normalized spacial score (nSPS) is 22.5. The van der Waals surface area contributed by atoms with Gasteiger partial charge in [0.2, 0.25) is 0 Å². The van der Waals surface area contributed by atoms with E-state index in [1.54, 1.807) is 0 Å². The summed E-state index contributed by atoms with van der Waals surface area (Å²) in [4.78, 5) is 8.86. The van der Waals surface area contributed by atoms with Crippen molar-refractivity contribution < 1.29 is 0 Å². The second-order valence-electron chi connectivity index (χ2n) is 6.52. The van der Waals surface area contributed by atoms with E-state index in [9.17, 15) is 0 Å².